The lowest BCUT2D eigenvalue weighted by molar-refractivity contribution is -0.130. The third-order valence-corrected chi connectivity index (χ3v) is 1.70. The van der Waals surface area contributed by atoms with Gasteiger partial charge in [0.2, 0.25) is 0 Å². The highest BCUT2D eigenvalue weighted by Gasteiger charge is 2.07. The predicted octanol–water partition coefficient (Wildman–Crippen LogP) is 1.88. The van der Waals surface area contributed by atoms with Gasteiger partial charge in [0.25, 0.3) is 0 Å². The summed E-state index contributed by atoms with van der Waals surface area (Å²) in [5.74, 6) is -0.835. The van der Waals surface area contributed by atoms with Crippen LogP contribution in [0.5, 0.6) is 5.75 Å². The molecule has 0 amide bonds. The van der Waals surface area contributed by atoms with Gasteiger partial charge in [-0.05, 0) is 24.6 Å². The van der Waals surface area contributed by atoms with Crippen molar-refractivity contribution in [3.63, 3.8) is 0 Å². The van der Waals surface area contributed by atoms with Crippen LogP contribution in [0.2, 0.25) is 0 Å². The van der Waals surface area contributed by atoms with Crippen LogP contribution in [-0.2, 0) is 4.79 Å². The Morgan fingerprint density at radius 2 is 1.85 bits per heavy atom. The molecular formula is C10H10O3. The highest BCUT2D eigenvalue weighted by Crippen LogP contribution is 2.17. The zero-order valence-corrected chi connectivity index (χ0v) is 7.19. The Labute approximate surface area is 76.0 Å². The molecule has 0 aliphatic rings. The lowest BCUT2D eigenvalue weighted by Crippen LogP contribution is -1.98. The molecule has 0 heterocycles. The fraction of sp³-hybridized carbons (Fsp3) is 0.100. The van der Waals surface area contributed by atoms with E-state index in [4.69, 9.17) is 10.2 Å². The van der Waals surface area contributed by atoms with Gasteiger partial charge in [-0.1, -0.05) is 18.2 Å². The molecule has 0 radical (unpaired) electrons. The molecule has 0 spiro atoms. The number of hydrogen-bond acceptors (Lipinski definition) is 2. The summed E-state index contributed by atoms with van der Waals surface area (Å²) in [4.78, 5) is 10.7. The highest BCUT2D eigenvalue weighted by molar-refractivity contribution is 6.15. The molecule has 0 aliphatic carbocycles. The molecule has 3 heteroatoms. The van der Waals surface area contributed by atoms with Gasteiger partial charge in [0.15, 0.2) is 0 Å². The average molecular weight is 178 g/mol. The molecule has 1 aromatic rings. The van der Waals surface area contributed by atoms with Crippen molar-refractivity contribution in [3.8, 4) is 5.75 Å². The maximum absolute atomic E-state index is 10.7. The maximum atomic E-state index is 10.7. The Balaban J connectivity index is 3.07. The molecule has 1 aromatic carbocycles. The molecule has 0 aromatic heterocycles. The van der Waals surface area contributed by atoms with Crippen molar-refractivity contribution in [3.05, 3.63) is 35.9 Å². The van der Waals surface area contributed by atoms with Crippen LogP contribution in [0.3, 0.4) is 0 Å². The molecule has 1 rings (SSSR count). The van der Waals surface area contributed by atoms with Gasteiger partial charge >= 0.3 is 5.97 Å². The number of phenolic OH excluding ortho intramolecular Hbond substituents is 1. The van der Waals surface area contributed by atoms with Crippen molar-refractivity contribution >= 4 is 11.5 Å². The van der Waals surface area contributed by atoms with E-state index in [1.165, 1.54) is 18.2 Å². The second kappa shape index (κ2) is 3.76. The highest BCUT2D eigenvalue weighted by atomic mass is 16.4. The van der Waals surface area contributed by atoms with Gasteiger partial charge in [-0.15, -0.1) is 0 Å². The zero-order valence-electron chi connectivity index (χ0n) is 7.19. The van der Waals surface area contributed by atoms with Gasteiger partial charge < -0.3 is 10.2 Å². The van der Waals surface area contributed by atoms with Crippen LogP contribution in [0.15, 0.2) is 30.3 Å². The molecule has 2 N–H and O–H groups in total. The lowest BCUT2D eigenvalue weighted by atomic mass is 10.1. The van der Waals surface area contributed by atoms with Crippen molar-refractivity contribution in [1.29, 1.82) is 0 Å². The summed E-state index contributed by atoms with van der Waals surface area (Å²) >= 11 is 0. The number of carboxylic acid groups (broad SMARTS) is 1. The van der Waals surface area contributed by atoms with E-state index in [0.717, 1.165) is 0 Å². The molecule has 0 atom stereocenters. The molecule has 3 nitrogen and oxygen atoms in total. The van der Waals surface area contributed by atoms with Crippen LogP contribution in [0.1, 0.15) is 12.5 Å². The first kappa shape index (κ1) is 9.32. The number of benzene rings is 1. The van der Waals surface area contributed by atoms with E-state index in [9.17, 15) is 4.79 Å². The summed E-state index contributed by atoms with van der Waals surface area (Å²) in [7, 11) is 0. The van der Waals surface area contributed by atoms with Crippen molar-refractivity contribution < 1.29 is 15.0 Å². The molecular weight excluding hydrogens is 168 g/mol. The number of carboxylic acids is 1. The molecule has 0 fully saturated rings. The summed E-state index contributed by atoms with van der Waals surface area (Å²) in [5.41, 5.74) is 0.827. The van der Waals surface area contributed by atoms with E-state index >= 15 is 0 Å². The summed E-state index contributed by atoms with van der Waals surface area (Å²) in [6.45, 7) is 1.66. The van der Waals surface area contributed by atoms with Crippen molar-refractivity contribution in [2.24, 2.45) is 0 Å². The number of rotatable bonds is 2. The number of aromatic hydroxyl groups is 1. The Morgan fingerprint density at radius 1 is 1.31 bits per heavy atom. The van der Waals surface area contributed by atoms with E-state index in [1.807, 2.05) is 0 Å². The largest absolute Gasteiger partial charge is 0.508 e. The number of hydrogen-bond donors (Lipinski definition) is 2. The van der Waals surface area contributed by atoms with Gasteiger partial charge in [0, 0.05) is 0 Å². The first-order valence-electron chi connectivity index (χ1n) is 3.84. The Hall–Kier alpha value is -1.77. The van der Waals surface area contributed by atoms with E-state index in [2.05, 4.69) is 0 Å². The zero-order chi connectivity index (χ0) is 9.84. The summed E-state index contributed by atoms with van der Waals surface area (Å²) in [5, 5.41) is 17.7. The van der Waals surface area contributed by atoms with Crippen molar-refractivity contribution in [2.45, 2.75) is 6.92 Å². The quantitative estimate of drug-likeness (QED) is 0.680. The number of phenols is 1. The fourth-order valence-electron chi connectivity index (χ4n) is 1.05. The standard InChI is InChI=1S/C10H10O3/c1-2-9(10(12)13)7-3-5-8(11)6-4-7/h2-6,11H,1H3,(H,12,13)/b9-2+. The third kappa shape index (κ3) is 2.08. The first-order valence-corrected chi connectivity index (χ1v) is 3.84. The van der Waals surface area contributed by atoms with E-state index in [1.54, 1.807) is 19.1 Å². The van der Waals surface area contributed by atoms with Gasteiger partial charge in [-0.3, -0.25) is 0 Å². The molecule has 0 bridgehead atoms. The van der Waals surface area contributed by atoms with Gasteiger partial charge in [0.1, 0.15) is 5.75 Å². The van der Waals surface area contributed by atoms with Gasteiger partial charge in [0.05, 0.1) is 5.57 Å². The molecule has 68 valence electrons. The summed E-state index contributed by atoms with van der Waals surface area (Å²) in [6.07, 6.45) is 1.52. The fourth-order valence-corrected chi connectivity index (χ4v) is 1.05. The Bertz CT molecular complexity index is 336. The van der Waals surface area contributed by atoms with Gasteiger partial charge in [-0.25, -0.2) is 4.79 Å². The van der Waals surface area contributed by atoms with E-state index < -0.39 is 5.97 Å². The van der Waals surface area contributed by atoms with E-state index in [0.29, 0.717) is 5.56 Å². The van der Waals surface area contributed by atoms with Crippen LogP contribution in [-0.4, -0.2) is 16.2 Å². The average Bonchev–Trinajstić information content (AvgIpc) is 2.09. The minimum Gasteiger partial charge on any atom is -0.508 e. The second-order valence-electron chi connectivity index (χ2n) is 2.55. The predicted molar refractivity (Wildman–Crippen MR) is 49.4 cm³/mol. The van der Waals surface area contributed by atoms with Crippen molar-refractivity contribution in [1.82, 2.24) is 0 Å². The normalized spacial score (nSPS) is 11.3. The van der Waals surface area contributed by atoms with Crippen molar-refractivity contribution in [2.75, 3.05) is 0 Å². The number of allylic oxidation sites excluding steroid dienone is 1. The topological polar surface area (TPSA) is 57.5 Å². The van der Waals surface area contributed by atoms with Gasteiger partial charge in [-0.2, -0.15) is 0 Å². The SMILES string of the molecule is C/C=C(/C(=O)O)c1ccc(O)cc1. The molecule has 13 heavy (non-hydrogen) atoms. The van der Waals surface area contributed by atoms with Crippen LogP contribution < -0.4 is 0 Å². The third-order valence-electron chi connectivity index (χ3n) is 1.70. The Kier molecular flexibility index (Phi) is 2.69. The molecule has 0 saturated carbocycles. The summed E-state index contributed by atoms with van der Waals surface area (Å²) < 4.78 is 0. The molecule has 0 unspecified atom stereocenters. The first-order chi connectivity index (χ1) is 6.15. The number of aliphatic carboxylic acids is 1. The minimum absolute atomic E-state index is 0.129. The Morgan fingerprint density at radius 3 is 2.23 bits per heavy atom. The molecule has 0 saturated heterocycles. The molecule has 0 aliphatic heterocycles. The second-order valence-corrected chi connectivity index (χ2v) is 2.55. The smallest absolute Gasteiger partial charge is 0.335 e. The summed E-state index contributed by atoms with van der Waals surface area (Å²) in [6, 6.07) is 6.06. The maximum Gasteiger partial charge on any atom is 0.335 e. The number of carbonyl (C=O) groups is 1. The van der Waals surface area contributed by atoms with Crippen LogP contribution in [0.4, 0.5) is 0 Å². The van der Waals surface area contributed by atoms with Crippen LogP contribution >= 0.6 is 0 Å². The van der Waals surface area contributed by atoms with E-state index in [-0.39, 0.29) is 11.3 Å². The lowest BCUT2D eigenvalue weighted by Gasteiger charge is -2.01. The van der Waals surface area contributed by atoms with Crippen LogP contribution in [0.25, 0.3) is 5.57 Å². The monoisotopic (exact) mass is 178 g/mol. The van der Waals surface area contributed by atoms with Crippen LogP contribution in [0, 0.1) is 0 Å². The minimum atomic E-state index is -0.965.